The van der Waals surface area contributed by atoms with Crippen molar-refractivity contribution in [1.82, 2.24) is 15.5 Å². The highest BCUT2D eigenvalue weighted by Crippen LogP contribution is 2.36. The van der Waals surface area contributed by atoms with Gasteiger partial charge >= 0.3 is 0 Å². The summed E-state index contributed by atoms with van der Waals surface area (Å²) in [6.07, 6.45) is 10.0. The van der Waals surface area contributed by atoms with Crippen molar-refractivity contribution in [2.75, 3.05) is 26.7 Å². The minimum atomic E-state index is 0.307. The van der Waals surface area contributed by atoms with Crippen molar-refractivity contribution in [2.45, 2.75) is 64.7 Å². The third-order valence-electron chi connectivity index (χ3n) is 5.61. The lowest BCUT2D eigenvalue weighted by Crippen LogP contribution is -2.61. The number of methoxy groups -OCH3 is 1. The van der Waals surface area contributed by atoms with Gasteiger partial charge in [0.05, 0.1) is 7.11 Å². The highest BCUT2D eigenvalue weighted by Gasteiger charge is 2.34. The van der Waals surface area contributed by atoms with Crippen LogP contribution in [-0.4, -0.2) is 37.9 Å². The molecule has 2 aliphatic rings. The Labute approximate surface area is 159 Å². The molecule has 3 rings (SSSR count). The maximum atomic E-state index is 5.40. The van der Waals surface area contributed by atoms with Gasteiger partial charge in [-0.1, -0.05) is 24.1 Å². The van der Waals surface area contributed by atoms with Crippen molar-refractivity contribution in [2.24, 2.45) is 0 Å². The molecule has 0 aliphatic carbocycles. The molecule has 1 aromatic carbocycles. The first-order chi connectivity index (χ1) is 12.7. The van der Waals surface area contributed by atoms with E-state index in [-0.39, 0.29) is 0 Å². The second-order valence-corrected chi connectivity index (χ2v) is 7.80. The summed E-state index contributed by atoms with van der Waals surface area (Å²) >= 11 is 0. The van der Waals surface area contributed by atoms with E-state index in [4.69, 9.17) is 4.74 Å². The average Bonchev–Trinajstić information content (AvgIpc) is 2.66. The normalized spacial score (nSPS) is 22.4. The largest absolute Gasteiger partial charge is 0.497 e. The predicted octanol–water partition coefficient (Wildman–Crippen LogP) is 3.99. The van der Waals surface area contributed by atoms with Crippen molar-refractivity contribution in [1.29, 1.82) is 0 Å². The van der Waals surface area contributed by atoms with Crippen LogP contribution in [0.2, 0.25) is 0 Å². The fraction of sp³-hybridized carbons (Fsp3) is 0.636. The number of nitrogens with zero attached hydrogens (tertiary/aromatic N) is 1. The summed E-state index contributed by atoms with van der Waals surface area (Å²) in [6.45, 7) is 7.63. The molecule has 4 heteroatoms. The number of fused-ring (bicyclic) bond motifs is 3. The number of hydrogen-bond donors (Lipinski definition) is 2. The molecule has 1 fully saturated rings. The molecule has 1 aromatic rings. The van der Waals surface area contributed by atoms with Crippen molar-refractivity contribution in [3.8, 4) is 5.75 Å². The Kier molecular flexibility index (Phi) is 7.12. The van der Waals surface area contributed by atoms with Crippen LogP contribution in [0.1, 0.15) is 63.1 Å². The maximum Gasteiger partial charge on any atom is 0.119 e. The number of benzene rings is 1. The van der Waals surface area contributed by atoms with Crippen LogP contribution in [0.25, 0.3) is 0 Å². The predicted molar refractivity (Wildman–Crippen MR) is 108 cm³/mol. The highest BCUT2D eigenvalue weighted by atomic mass is 16.5. The average molecular weight is 358 g/mol. The zero-order valence-corrected chi connectivity index (χ0v) is 16.7. The molecule has 144 valence electrons. The molecule has 0 amide bonds. The summed E-state index contributed by atoms with van der Waals surface area (Å²) in [6, 6.07) is 7.14. The Morgan fingerprint density at radius 2 is 2.19 bits per heavy atom. The van der Waals surface area contributed by atoms with Crippen LogP contribution in [0.4, 0.5) is 0 Å². The number of nitrogens with one attached hydrogen (secondary N) is 2. The molecule has 2 N–H and O–H groups in total. The fourth-order valence-corrected chi connectivity index (χ4v) is 4.20. The van der Waals surface area contributed by atoms with E-state index in [2.05, 4.69) is 53.7 Å². The van der Waals surface area contributed by atoms with Crippen molar-refractivity contribution < 1.29 is 4.74 Å². The molecule has 4 nitrogen and oxygen atoms in total. The first kappa shape index (κ1) is 19.4. The van der Waals surface area contributed by atoms with Crippen molar-refractivity contribution in [3.63, 3.8) is 0 Å². The molecule has 0 aromatic heterocycles. The molecule has 0 bridgehead atoms. The Hall–Kier alpha value is -1.36. The van der Waals surface area contributed by atoms with Gasteiger partial charge in [-0.3, -0.25) is 15.5 Å². The number of rotatable bonds is 8. The molecule has 0 radical (unpaired) electrons. The Bertz CT molecular complexity index is 609. The fourth-order valence-electron chi connectivity index (χ4n) is 4.20. The Morgan fingerprint density at radius 3 is 3.00 bits per heavy atom. The van der Waals surface area contributed by atoms with E-state index in [1.807, 2.05) is 0 Å². The number of unbranched alkanes of at least 4 members (excludes halogenated alkanes) is 3. The molecular formula is C22H35N3O. The second kappa shape index (κ2) is 9.54. The van der Waals surface area contributed by atoms with Gasteiger partial charge in [0.25, 0.3) is 0 Å². The van der Waals surface area contributed by atoms with Gasteiger partial charge in [-0.05, 0) is 82.3 Å². The molecule has 2 aliphatic heterocycles. The summed E-state index contributed by atoms with van der Waals surface area (Å²) in [4.78, 5) is 2.61. The topological polar surface area (TPSA) is 36.5 Å². The third kappa shape index (κ3) is 4.87. The van der Waals surface area contributed by atoms with Gasteiger partial charge in [0.15, 0.2) is 0 Å². The number of hydrogen-bond acceptors (Lipinski definition) is 4. The van der Waals surface area contributed by atoms with Gasteiger partial charge in [-0.2, -0.15) is 0 Å². The van der Waals surface area contributed by atoms with Crippen LogP contribution in [0.15, 0.2) is 29.8 Å². The zero-order valence-electron chi connectivity index (χ0n) is 16.7. The Balaban J connectivity index is 1.49. The zero-order chi connectivity index (χ0) is 18.4. The van der Waals surface area contributed by atoms with Crippen LogP contribution in [0, 0.1) is 0 Å². The smallest absolute Gasteiger partial charge is 0.119 e. The third-order valence-corrected chi connectivity index (χ3v) is 5.61. The van der Waals surface area contributed by atoms with Crippen LogP contribution in [0.5, 0.6) is 5.75 Å². The minimum absolute atomic E-state index is 0.307. The minimum Gasteiger partial charge on any atom is -0.497 e. The summed E-state index contributed by atoms with van der Waals surface area (Å²) in [5.41, 5.74) is 4.39. The second-order valence-electron chi connectivity index (χ2n) is 7.80. The molecular weight excluding hydrogens is 322 g/mol. The Morgan fingerprint density at radius 1 is 1.31 bits per heavy atom. The lowest BCUT2D eigenvalue weighted by atomic mass is 9.89. The molecule has 2 atom stereocenters. The number of ether oxygens (including phenoxy) is 1. The van der Waals surface area contributed by atoms with Crippen LogP contribution in [-0.2, 0) is 6.42 Å². The summed E-state index contributed by atoms with van der Waals surface area (Å²) in [7, 11) is 1.75. The van der Waals surface area contributed by atoms with Gasteiger partial charge in [0.2, 0.25) is 0 Å². The van der Waals surface area contributed by atoms with Crippen molar-refractivity contribution >= 4 is 0 Å². The molecule has 26 heavy (non-hydrogen) atoms. The SMILES string of the molecule is COc1ccc2c(c1)CCN1C(NCCCCCC=C(C)C)NCCC21. The van der Waals surface area contributed by atoms with E-state index in [1.165, 1.54) is 48.8 Å². The summed E-state index contributed by atoms with van der Waals surface area (Å²) in [5.74, 6) is 0.980. The lowest BCUT2D eigenvalue weighted by Gasteiger charge is -2.46. The van der Waals surface area contributed by atoms with Crippen LogP contribution >= 0.6 is 0 Å². The maximum absolute atomic E-state index is 5.40. The molecule has 0 spiro atoms. The monoisotopic (exact) mass is 357 g/mol. The highest BCUT2D eigenvalue weighted by molar-refractivity contribution is 5.39. The number of allylic oxidation sites excluding steroid dienone is 2. The van der Waals surface area contributed by atoms with Gasteiger partial charge in [0.1, 0.15) is 12.0 Å². The molecule has 0 saturated carbocycles. The molecule has 2 unspecified atom stereocenters. The van der Waals surface area contributed by atoms with E-state index < -0.39 is 0 Å². The van der Waals surface area contributed by atoms with Gasteiger partial charge in [-0.15, -0.1) is 0 Å². The lowest BCUT2D eigenvalue weighted by molar-refractivity contribution is 0.0407. The first-order valence-corrected chi connectivity index (χ1v) is 10.2. The van der Waals surface area contributed by atoms with E-state index in [1.54, 1.807) is 7.11 Å². The first-order valence-electron chi connectivity index (χ1n) is 10.2. The summed E-state index contributed by atoms with van der Waals surface area (Å²) in [5, 5.41) is 7.42. The molecule has 1 saturated heterocycles. The van der Waals surface area contributed by atoms with Crippen molar-refractivity contribution in [3.05, 3.63) is 41.0 Å². The standard InChI is InChI=1S/C22H35N3O/c1-17(2)8-6-4-5-7-13-23-22-24-14-11-21-20-10-9-19(26-3)16-18(20)12-15-25(21)22/h8-10,16,21-24H,4-7,11-15H2,1-3H3. The van der Waals surface area contributed by atoms with E-state index in [0.717, 1.165) is 31.8 Å². The van der Waals surface area contributed by atoms with E-state index in [0.29, 0.717) is 12.3 Å². The quantitative estimate of drug-likeness (QED) is 0.545. The van der Waals surface area contributed by atoms with Gasteiger partial charge in [-0.25, -0.2) is 0 Å². The van der Waals surface area contributed by atoms with E-state index >= 15 is 0 Å². The van der Waals surface area contributed by atoms with Crippen LogP contribution < -0.4 is 15.4 Å². The molecule has 2 heterocycles. The van der Waals surface area contributed by atoms with E-state index in [9.17, 15) is 0 Å². The van der Waals surface area contributed by atoms with Gasteiger partial charge < -0.3 is 4.74 Å². The van der Waals surface area contributed by atoms with Gasteiger partial charge in [0, 0.05) is 12.6 Å². The summed E-state index contributed by atoms with van der Waals surface area (Å²) < 4.78 is 5.40. The van der Waals surface area contributed by atoms with Crippen LogP contribution in [0.3, 0.4) is 0 Å².